The lowest BCUT2D eigenvalue weighted by molar-refractivity contribution is -0.126. The van der Waals surface area contributed by atoms with Gasteiger partial charge in [0, 0.05) is 19.6 Å². The maximum absolute atomic E-state index is 11.8. The van der Waals surface area contributed by atoms with Gasteiger partial charge in [-0.25, -0.2) is 0 Å². The first-order valence-corrected chi connectivity index (χ1v) is 9.30. The second-order valence-electron chi connectivity index (χ2n) is 7.13. The van der Waals surface area contributed by atoms with Gasteiger partial charge in [-0.15, -0.1) is 0 Å². The zero-order valence-corrected chi connectivity index (χ0v) is 16.2. The topological polar surface area (TPSA) is 72.5 Å². The molecule has 144 valence electrons. The minimum absolute atomic E-state index is 0.0186. The molecule has 0 bridgehead atoms. The summed E-state index contributed by atoms with van der Waals surface area (Å²) >= 11 is 0. The number of hydrogen-bond donors (Lipinski definition) is 1. The van der Waals surface area contributed by atoms with E-state index in [1.165, 1.54) is 13.3 Å². The number of carbonyl (C=O) groups excluding carboxylic acids is 3. The standard InChI is InChI=1S/C21H31NO4/c1-16(2)6-4-5-11-26-15-21(25)22-14-19-9-7-18(8-10-19)13-20(24)12-17(3)23/h7-10,16H,4-6,11-15H2,1-3H3,(H,22,25). The van der Waals surface area contributed by atoms with Crippen LogP contribution in [-0.2, 0) is 32.1 Å². The number of Topliss-reactive ketones (excluding diaryl/α,β-unsaturated/α-hetero) is 2. The van der Waals surface area contributed by atoms with Gasteiger partial charge in [0.2, 0.25) is 5.91 Å². The molecule has 1 aromatic rings. The van der Waals surface area contributed by atoms with E-state index in [2.05, 4.69) is 19.2 Å². The molecule has 0 atom stereocenters. The van der Waals surface area contributed by atoms with Crippen LogP contribution in [0.25, 0.3) is 0 Å². The molecule has 0 aliphatic rings. The highest BCUT2D eigenvalue weighted by molar-refractivity contribution is 5.98. The van der Waals surface area contributed by atoms with Crippen molar-refractivity contribution in [3.63, 3.8) is 0 Å². The van der Waals surface area contributed by atoms with Crippen LogP contribution in [0, 0.1) is 5.92 Å². The predicted octanol–water partition coefficient (Wildman–Crippen LogP) is 3.24. The van der Waals surface area contributed by atoms with Crippen molar-refractivity contribution in [2.45, 2.75) is 59.4 Å². The summed E-state index contributed by atoms with van der Waals surface area (Å²) in [5, 5.41) is 2.82. The second-order valence-corrected chi connectivity index (χ2v) is 7.13. The van der Waals surface area contributed by atoms with Crippen molar-refractivity contribution in [3.8, 4) is 0 Å². The van der Waals surface area contributed by atoms with Crippen LogP contribution >= 0.6 is 0 Å². The molecule has 0 heterocycles. The van der Waals surface area contributed by atoms with E-state index in [0.717, 1.165) is 24.0 Å². The summed E-state index contributed by atoms with van der Waals surface area (Å²) in [7, 11) is 0. The third-order valence-corrected chi connectivity index (χ3v) is 3.91. The molecule has 26 heavy (non-hydrogen) atoms. The van der Waals surface area contributed by atoms with E-state index in [-0.39, 0.29) is 36.9 Å². The van der Waals surface area contributed by atoms with Gasteiger partial charge in [0.05, 0.1) is 6.42 Å². The van der Waals surface area contributed by atoms with Gasteiger partial charge >= 0.3 is 0 Å². The van der Waals surface area contributed by atoms with E-state index in [9.17, 15) is 14.4 Å². The van der Waals surface area contributed by atoms with Gasteiger partial charge in [-0.2, -0.15) is 0 Å². The molecule has 0 unspecified atom stereocenters. The number of hydrogen-bond acceptors (Lipinski definition) is 4. The lowest BCUT2D eigenvalue weighted by atomic mass is 10.0. The molecular weight excluding hydrogens is 330 g/mol. The summed E-state index contributed by atoms with van der Waals surface area (Å²) in [5.41, 5.74) is 1.83. The summed E-state index contributed by atoms with van der Waals surface area (Å²) < 4.78 is 5.38. The summed E-state index contributed by atoms with van der Waals surface area (Å²) in [6, 6.07) is 7.46. The van der Waals surface area contributed by atoms with E-state index in [0.29, 0.717) is 19.1 Å². The molecule has 5 heteroatoms. The molecule has 0 saturated carbocycles. The number of nitrogens with one attached hydrogen (secondary N) is 1. The maximum atomic E-state index is 11.8. The third kappa shape index (κ3) is 10.8. The minimum Gasteiger partial charge on any atom is -0.372 e. The SMILES string of the molecule is CC(=O)CC(=O)Cc1ccc(CNC(=O)COCCCCC(C)C)cc1. The maximum Gasteiger partial charge on any atom is 0.246 e. The molecule has 0 saturated heterocycles. The Kier molecular flexibility index (Phi) is 10.5. The first kappa shape index (κ1) is 22.0. The largest absolute Gasteiger partial charge is 0.372 e. The van der Waals surface area contributed by atoms with E-state index in [1.54, 1.807) is 0 Å². The quantitative estimate of drug-likeness (QED) is 0.432. The molecule has 0 aromatic heterocycles. The Labute approximate surface area is 156 Å². The molecule has 1 rings (SSSR count). The molecule has 1 amide bonds. The van der Waals surface area contributed by atoms with Crippen LogP contribution in [0.4, 0.5) is 0 Å². The first-order chi connectivity index (χ1) is 12.4. The second kappa shape index (κ2) is 12.4. The number of carbonyl (C=O) groups is 3. The minimum atomic E-state index is -0.130. The van der Waals surface area contributed by atoms with Crippen molar-refractivity contribution < 1.29 is 19.1 Å². The molecular formula is C21H31NO4. The number of rotatable bonds is 13. The molecule has 0 radical (unpaired) electrons. The number of ketones is 2. The zero-order chi connectivity index (χ0) is 19.4. The Bertz CT molecular complexity index is 578. The number of unbranched alkanes of at least 4 members (excludes halogenated alkanes) is 1. The van der Waals surface area contributed by atoms with Gasteiger partial charge in [0.15, 0.2) is 0 Å². The van der Waals surface area contributed by atoms with E-state index < -0.39 is 0 Å². The lowest BCUT2D eigenvalue weighted by Gasteiger charge is -2.08. The van der Waals surface area contributed by atoms with Crippen molar-refractivity contribution in [2.75, 3.05) is 13.2 Å². The summed E-state index contributed by atoms with van der Waals surface area (Å²) in [6.07, 6.45) is 3.54. The van der Waals surface area contributed by atoms with Crippen LogP contribution in [0.5, 0.6) is 0 Å². The highest BCUT2D eigenvalue weighted by Crippen LogP contribution is 2.07. The van der Waals surface area contributed by atoms with Crippen LogP contribution in [0.2, 0.25) is 0 Å². The number of ether oxygens (including phenoxy) is 1. The average molecular weight is 361 g/mol. The molecule has 0 aliphatic heterocycles. The van der Waals surface area contributed by atoms with E-state index in [1.807, 2.05) is 24.3 Å². The zero-order valence-electron chi connectivity index (χ0n) is 16.2. The van der Waals surface area contributed by atoms with Crippen molar-refractivity contribution in [1.82, 2.24) is 5.32 Å². The van der Waals surface area contributed by atoms with Crippen LogP contribution in [0.1, 0.15) is 57.6 Å². The van der Waals surface area contributed by atoms with Gasteiger partial charge < -0.3 is 10.1 Å². The predicted molar refractivity (Wildman–Crippen MR) is 102 cm³/mol. The van der Waals surface area contributed by atoms with Crippen molar-refractivity contribution in [2.24, 2.45) is 5.92 Å². The molecule has 0 spiro atoms. The van der Waals surface area contributed by atoms with Crippen molar-refractivity contribution in [1.29, 1.82) is 0 Å². The van der Waals surface area contributed by atoms with Crippen LogP contribution < -0.4 is 5.32 Å². The van der Waals surface area contributed by atoms with Crippen molar-refractivity contribution >= 4 is 17.5 Å². The molecule has 1 aromatic carbocycles. The molecule has 5 nitrogen and oxygen atoms in total. The Balaban J connectivity index is 2.21. The third-order valence-electron chi connectivity index (χ3n) is 3.91. The Morgan fingerprint density at radius 2 is 1.69 bits per heavy atom. The van der Waals surface area contributed by atoms with E-state index in [4.69, 9.17) is 4.74 Å². The highest BCUT2D eigenvalue weighted by Gasteiger charge is 2.07. The number of amides is 1. The van der Waals surface area contributed by atoms with Gasteiger partial charge in [-0.1, -0.05) is 51.0 Å². The first-order valence-electron chi connectivity index (χ1n) is 9.30. The average Bonchev–Trinajstić information content (AvgIpc) is 2.56. The van der Waals surface area contributed by atoms with Crippen molar-refractivity contribution in [3.05, 3.63) is 35.4 Å². The Hall–Kier alpha value is -2.01. The number of benzene rings is 1. The van der Waals surface area contributed by atoms with Crippen LogP contribution in [0.3, 0.4) is 0 Å². The molecule has 0 fully saturated rings. The van der Waals surface area contributed by atoms with Gasteiger partial charge in [-0.3, -0.25) is 14.4 Å². The van der Waals surface area contributed by atoms with E-state index >= 15 is 0 Å². The Morgan fingerprint density at radius 3 is 2.31 bits per heavy atom. The fraction of sp³-hybridized carbons (Fsp3) is 0.571. The fourth-order valence-corrected chi connectivity index (χ4v) is 2.52. The van der Waals surface area contributed by atoms with Gasteiger partial charge in [-0.05, 0) is 30.4 Å². The lowest BCUT2D eigenvalue weighted by Crippen LogP contribution is -2.27. The summed E-state index contributed by atoms with van der Waals surface area (Å²) in [5.74, 6) is 0.382. The summed E-state index contributed by atoms with van der Waals surface area (Å²) in [6.45, 7) is 6.94. The smallest absolute Gasteiger partial charge is 0.246 e. The fourth-order valence-electron chi connectivity index (χ4n) is 2.52. The summed E-state index contributed by atoms with van der Waals surface area (Å²) in [4.78, 5) is 34.3. The Morgan fingerprint density at radius 1 is 1.04 bits per heavy atom. The van der Waals surface area contributed by atoms with Crippen LogP contribution in [-0.4, -0.2) is 30.7 Å². The molecule has 0 aliphatic carbocycles. The molecule has 1 N–H and O–H groups in total. The monoisotopic (exact) mass is 361 g/mol. The van der Waals surface area contributed by atoms with Gasteiger partial charge in [0.1, 0.15) is 18.2 Å². The normalized spacial score (nSPS) is 10.8. The van der Waals surface area contributed by atoms with Crippen LogP contribution in [0.15, 0.2) is 24.3 Å². The van der Waals surface area contributed by atoms with Gasteiger partial charge in [0.25, 0.3) is 0 Å². The highest BCUT2D eigenvalue weighted by atomic mass is 16.5.